The highest BCUT2D eigenvalue weighted by atomic mass is 32.2. The Morgan fingerprint density at radius 3 is 2.80 bits per heavy atom. The Labute approximate surface area is 146 Å². The summed E-state index contributed by atoms with van der Waals surface area (Å²) in [5.74, 6) is 1.77. The van der Waals surface area contributed by atoms with E-state index in [9.17, 15) is 8.42 Å². The molecule has 6 nitrogen and oxygen atoms in total. The number of sulfonamides is 1. The van der Waals surface area contributed by atoms with Crippen LogP contribution in [0.3, 0.4) is 0 Å². The van der Waals surface area contributed by atoms with Gasteiger partial charge in [0.2, 0.25) is 10.0 Å². The maximum atomic E-state index is 13.0. The van der Waals surface area contributed by atoms with Gasteiger partial charge >= 0.3 is 0 Å². The molecule has 0 aromatic heterocycles. The number of benzene rings is 2. The van der Waals surface area contributed by atoms with E-state index in [1.165, 1.54) is 0 Å². The van der Waals surface area contributed by atoms with Crippen molar-refractivity contribution in [2.24, 2.45) is 0 Å². The van der Waals surface area contributed by atoms with Gasteiger partial charge in [-0.2, -0.15) is 0 Å². The molecule has 0 saturated heterocycles. The molecule has 0 saturated carbocycles. The Morgan fingerprint density at radius 2 is 1.96 bits per heavy atom. The van der Waals surface area contributed by atoms with E-state index in [4.69, 9.17) is 14.2 Å². The highest BCUT2D eigenvalue weighted by Crippen LogP contribution is 2.43. The van der Waals surface area contributed by atoms with Crippen LogP contribution in [0.2, 0.25) is 0 Å². The number of ether oxygens (including phenoxy) is 3. The Kier molecular flexibility index (Phi) is 4.05. The van der Waals surface area contributed by atoms with Gasteiger partial charge in [-0.1, -0.05) is 18.2 Å². The molecule has 0 bridgehead atoms. The molecule has 4 rings (SSSR count). The molecule has 0 atom stereocenters. The molecular weight excluding hydrogens is 342 g/mol. The van der Waals surface area contributed by atoms with E-state index in [1.807, 2.05) is 24.3 Å². The summed E-state index contributed by atoms with van der Waals surface area (Å²) >= 11 is 0. The Morgan fingerprint density at radius 1 is 1.16 bits per heavy atom. The minimum Gasteiger partial charge on any atom is -0.496 e. The SMILES string of the molecule is COc1ccccc1CNS(=O)(=O)c1c2c(cc3c1OCC3)OCC2. The average molecular weight is 361 g/mol. The third kappa shape index (κ3) is 2.83. The minimum absolute atomic E-state index is 0.144. The number of nitrogens with one attached hydrogen (secondary N) is 1. The molecule has 0 unspecified atom stereocenters. The number of hydrogen-bond acceptors (Lipinski definition) is 5. The monoisotopic (exact) mass is 361 g/mol. The number of fused-ring (bicyclic) bond motifs is 2. The molecule has 2 heterocycles. The Balaban J connectivity index is 1.70. The summed E-state index contributed by atoms with van der Waals surface area (Å²) in [4.78, 5) is 0.227. The molecule has 0 spiro atoms. The second-order valence-electron chi connectivity index (χ2n) is 6.00. The van der Waals surface area contributed by atoms with Gasteiger partial charge in [-0.3, -0.25) is 0 Å². The minimum atomic E-state index is -3.74. The standard InChI is InChI=1S/C18H19NO5S/c1-22-15-5-3-2-4-13(15)11-19-25(20,21)18-14-7-9-23-16(14)10-12-6-8-24-17(12)18/h2-5,10,19H,6-9,11H2,1H3. The molecule has 2 aromatic rings. The van der Waals surface area contributed by atoms with Crippen molar-refractivity contribution in [3.63, 3.8) is 0 Å². The normalized spacial score (nSPS) is 15.2. The van der Waals surface area contributed by atoms with Crippen LogP contribution in [-0.4, -0.2) is 28.7 Å². The van der Waals surface area contributed by atoms with E-state index in [0.29, 0.717) is 48.9 Å². The molecule has 2 aromatic carbocycles. The van der Waals surface area contributed by atoms with Crippen molar-refractivity contribution in [3.8, 4) is 17.2 Å². The van der Waals surface area contributed by atoms with Crippen LogP contribution in [0.25, 0.3) is 0 Å². The lowest BCUT2D eigenvalue weighted by Gasteiger charge is -2.15. The van der Waals surface area contributed by atoms with Crippen LogP contribution < -0.4 is 18.9 Å². The zero-order valence-corrected chi connectivity index (χ0v) is 14.7. The predicted octanol–water partition coefficient (Wildman–Crippen LogP) is 2.04. The Bertz CT molecular complexity index is 891. The van der Waals surface area contributed by atoms with Crippen LogP contribution in [0.15, 0.2) is 35.2 Å². The molecule has 132 valence electrons. The number of para-hydroxylation sites is 1. The van der Waals surface area contributed by atoms with Crippen LogP contribution in [0.1, 0.15) is 16.7 Å². The first-order valence-electron chi connectivity index (χ1n) is 8.16. The molecule has 2 aliphatic heterocycles. The lowest BCUT2D eigenvalue weighted by molar-refractivity contribution is 0.347. The first-order chi connectivity index (χ1) is 12.1. The largest absolute Gasteiger partial charge is 0.496 e. The Hall–Kier alpha value is -2.25. The summed E-state index contributed by atoms with van der Waals surface area (Å²) in [5, 5.41) is 0. The van der Waals surface area contributed by atoms with E-state index in [2.05, 4.69) is 4.72 Å². The van der Waals surface area contributed by atoms with Crippen molar-refractivity contribution >= 4 is 10.0 Å². The molecule has 0 radical (unpaired) electrons. The van der Waals surface area contributed by atoms with Crippen LogP contribution in [0.4, 0.5) is 0 Å². The number of methoxy groups -OCH3 is 1. The molecule has 0 amide bonds. The van der Waals surface area contributed by atoms with Gasteiger partial charge in [0, 0.05) is 36.1 Å². The summed E-state index contributed by atoms with van der Waals surface area (Å²) in [5.41, 5.74) is 2.36. The maximum Gasteiger partial charge on any atom is 0.244 e. The summed E-state index contributed by atoms with van der Waals surface area (Å²) in [7, 11) is -2.18. The lowest BCUT2D eigenvalue weighted by atomic mass is 10.1. The smallest absolute Gasteiger partial charge is 0.244 e. The molecule has 0 fully saturated rings. The predicted molar refractivity (Wildman–Crippen MR) is 91.9 cm³/mol. The van der Waals surface area contributed by atoms with E-state index in [-0.39, 0.29) is 11.4 Å². The van der Waals surface area contributed by atoms with Gasteiger partial charge in [-0.15, -0.1) is 0 Å². The van der Waals surface area contributed by atoms with Gasteiger partial charge in [0.1, 0.15) is 22.1 Å². The third-order valence-electron chi connectivity index (χ3n) is 4.52. The first kappa shape index (κ1) is 16.2. The van der Waals surface area contributed by atoms with Crippen molar-refractivity contribution in [1.82, 2.24) is 4.72 Å². The van der Waals surface area contributed by atoms with Gasteiger partial charge in [0.25, 0.3) is 0 Å². The van der Waals surface area contributed by atoms with Crippen molar-refractivity contribution < 1.29 is 22.6 Å². The lowest BCUT2D eigenvalue weighted by Crippen LogP contribution is -2.25. The molecular formula is C18H19NO5S. The quantitative estimate of drug-likeness (QED) is 0.882. The maximum absolute atomic E-state index is 13.0. The van der Waals surface area contributed by atoms with Crippen molar-refractivity contribution in [2.75, 3.05) is 20.3 Å². The number of hydrogen-bond donors (Lipinski definition) is 1. The molecule has 0 aliphatic carbocycles. The first-order valence-corrected chi connectivity index (χ1v) is 9.64. The summed E-state index contributed by atoms with van der Waals surface area (Å²) in [6, 6.07) is 9.24. The molecule has 25 heavy (non-hydrogen) atoms. The van der Waals surface area contributed by atoms with Gasteiger partial charge in [0.05, 0.1) is 20.3 Å². The van der Waals surface area contributed by atoms with Gasteiger partial charge in [0.15, 0.2) is 0 Å². The summed E-state index contributed by atoms with van der Waals surface area (Å²) in [6.07, 6.45) is 1.26. The van der Waals surface area contributed by atoms with Crippen LogP contribution >= 0.6 is 0 Å². The molecule has 2 aliphatic rings. The van der Waals surface area contributed by atoms with Gasteiger partial charge < -0.3 is 14.2 Å². The van der Waals surface area contributed by atoms with Gasteiger partial charge in [-0.05, 0) is 12.1 Å². The number of rotatable bonds is 5. The highest BCUT2D eigenvalue weighted by Gasteiger charge is 2.33. The van der Waals surface area contributed by atoms with E-state index >= 15 is 0 Å². The van der Waals surface area contributed by atoms with Crippen LogP contribution in [-0.2, 0) is 29.4 Å². The van der Waals surface area contributed by atoms with E-state index in [1.54, 1.807) is 13.2 Å². The second-order valence-corrected chi connectivity index (χ2v) is 7.71. The van der Waals surface area contributed by atoms with E-state index in [0.717, 1.165) is 11.1 Å². The zero-order valence-electron chi connectivity index (χ0n) is 13.9. The van der Waals surface area contributed by atoms with Crippen molar-refractivity contribution in [1.29, 1.82) is 0 Å². The fraction of sp³-hybridized carbons (Fsp3) is 0.333. The summed E-state index contributed by atoms with van der Waals surface area (Å²) in [6.45, 7) is 1.13. The average Bonchev–Trinajstić information content (AvgIpc) is 3.26. The molecule has 1 N–H and O–H groups in total. The van der Waals surface area contributed by atoms with Crippen molar-refractivity contribution in [2.45, 2.75) is 24.3 Å². The highest BCUT2D eigenvalue weighted by molar-refractivity contribution is 7.89. The fourth-order valence-corrected chi connectivity index (χ4v) is 4.77. The summed E-state index contributed by atoms with van der Waals surface area (Å²) < 4.78 is 45.3. The van der Waals surface area contributed by atoms with Crippen molar-refractivity contribution in [3.05, 3.63) is 47.0 Å². The zero-order chi connectivity index (χ0) is 17.4. The third-order valence-corrected chi connectivity index (χ3v) is 6.01. The van der Waals surface area contributed by atoms with E-state index < -0.39 is 10.0 Å². The fourth-order valence-electron chi connectivity index (χ4n) is 3.32. The second kappa shape index (κ2) is 6.24. The van der Waals surface area contributed by atoms with Crippen LogP contribution in [0, 0.1) is 0 Å². The topological polar surface area (TPSA) is 73.9 Å². The van der Waals surface area contributed by atoms with Crippen LogP contribution in [0.5, 0.6) is 17.2 Å². The van der Waals surface area contributed by atoms with Gasteiger partial charge in [-0.25, -0.2) is 13.1 Å². The molecule has 7 heteroatoms.